The molecule has 0 N–H and O–H groups in total. The first-order chi connectivity index (χ1) is 6.27. The van der Waals surface area contributed by atoms with Gasteiger partial charge >= 0.3 is 0 Å². The van der Waals surface area contributed by atoms with Crippen molar-refractivity contribution in [3.05, 3.63) is 17.5 Å². The summed E-state index contributed by atoms with van der Waals surface area (Å²) >= 11 is 0. The standard InChI is InChI=1S/C11H18N2/c1-9(2)8-13-11-6-4-3-5-10(11)7-12-13/h7,9H,3-6,8H2,1-2H3. The number of fused-ring (bicyclic) bond motifs is 1. The number of nitrogens with zero attached hydrogens (tertiary/aromatic N) is 2. The van der Waals surface area contributed by atoms with Crippen LogP contribution in [0, 0.1) is 5.92 Å². The Morgan fingerprint density at radius 3 is 2.92 bits per heavy atom. The lowest BCUT2D eigenvalue weighted by molar-refractivity contribution is 0.461. The maximum atomic E-state index is 4.45. The van der Waals surface area contributed by atoms with E-state index in [9.17, 15) is 0 Å². The molecule has 1 aromatic rings. The number of aromatic nitrogens is 2. The zero-order valence-electron chi connectivity index (χ0n) is 8.58. The highest BCUT2D eigenvalue weighted by Crippen LogP contribution is 2.21. The van der Waals surface area contributed by atoms with Gasteiger partial charge in [0.15, 0.2) is 0 Å². The fraction of sp³-hybridized carbons (Fsp3) is 0.727. The molecule has 2 heteroatoms. The fourth-order valence-corrected chi connectivity index (χ4v) is 2.06. The Kier molecular flexibility index (Phi) is 2.38. The first-order valence-corrected chi connectivity index (χ1v) is 5.31. The van der Waals surface area contributed by atoms with Crippen molar-refractivity contribution in [2.75, 3.05) is 0 Å². The van der Waals surface area contributed by atoms with Crippen LogP contribution < -0.4 is 0 Å². The average Bonchev–Trinajstić information content (AvgIpc) is 2.48. The zero-order chi connectivity index (χ0) is 9.26. The summed E-state index contributed by atoms with van der Waals surface area (Å²) in [5.74, 6) is 0.700. The van der Waals surface area contributed by atoms with E-state index in [2.05, 4.69) is 29.8 Å². The first-order valence-electron chi connectivity index (χ1n) is 5.31. The van der Waals surface area contributed by atoms with Crippen molar-refractivity contribution in [1.29, 1.82) is 0 Å². The highest BCUT2D eigenvalue weighted by Gasteiger charge is 2.14. The Bertz CT molecular complexity index is 286. The van der Waals surface area contributed by atoms with E-state index in [-0.39, 0.29) is 0 Å². The zero-order valence-corrected chi connectivity index (χ0v) is 8.58. The molecule has 0 amide bonds. The topological polar surface area (TPSA) is 17.8 Å². The van der Waals surface area contributed by atoms with E-state index >= 15 is 0 Å². The van der Waals surface area contributed by atoms with E-state index in [1.54, 1.807) is 0 Å². The lowest BCUT2D eigenvalue weighted by Gasteiger charge is -2.14. The SMILES string of the molecule is CC(C)Cn1ncc2c1CCCC2. The molecule has 0 unspecified atom stereocenters. The van der Waals surface area contributed by atoms with Gasteiger partial charge in [-0.25, -0.2) is 0 Å². The molecule has 72 valence electrons. The van der Waals surface area contributed by atoms with Crippen molar-refractivity contribution in [2.45, 2.75) is 46.1 Å². The predicted molar refractivity (Wildman–Crippen MR) is 53.7 cm³/mol. The minimum atomic E-state index is 0.700. The Labute approximate surface area is 80.0 Å². The lowest BCUT2D eigenvalue weighted by atomic mass is 9.98. The second kappa shape index (κ2) is 3.52. The van der Waals surface area contributed by atoms with E-state index in [1.807, 2.05) is 0 Å². The third kappa shape index (κ3) is 1.77. The van der Waals surface area contributed by atoms with Crippen LogP contribution in [0.25, 0.3) is 0 Å². The largest absolute Gasteiger partial charge is 0.269 e. The number of hydrogen-bond acceptors (Lipinski definition) is 1. The molecule has 0 aliphatic heterocycles. The molecule has 0 aromatic carbocycles. The Hall–Kier alpha value is -0.790. The average molecular weight is 178 g/mol. The van der Waals surface area contributed by atoms with Crippen LogP contribution in [-0.4, -0.2) is 9.78 Å². The molecule has 1 aromatic heterocycles. The molecule has 1 aliphatic carbocycles. The monoisotopic (exact) mass is 178 g/mol. The number of rotatable bonds is 2. The van der Waals surface area contributed by atoms with E-state index in [0.29, 0.717) is 5.92 Å². The Morgan fingerprint density at radius 1 is 1.38 bits per heavy atom. The third-order valence-electron chi connectivity index (χ3n) is 2.68. The maximum absolute atomic E-state index is 4.45. The summed E-state index contributed by atoms with van der Waals surface area (Å²) in [5, 5.41) is 4.45. The number of hydrogen-bond donors (Lipinski definition) is 0. The van der Waals surface area contributed by atoms with Gasteiger partial charge in [-0.05, 0) is 37.2 Å². The summed E-state index contributed by atoms with van der Waals surface area (Å²) in [7, 11) is 0. The summed E-state index contributed by atoms with van der Waals surface area (Å²) in [6, 6.07) is 0. The summed E-state index contributed by atoms with van der Waals surface area (Å²) in [4.78, 5) is 0. The van der Waals surface area contributed by atoms with Gasteiger partial charge in [0.25, 0.3) is 0 Å². The van der Waals surface area contributed by atoms with Gasteiger partial charge in [0.2, 0.25) is 0 Å². The van der Waals surface area contributed by atoms with Crippen LogP contribution in [-0.2, 0) is 19.4 Å². The van der Waals surface area contributed by atoms with Crippen LogP contribution in [0.5, 0.6) is 0 Å². The van der Waals surface area contributed by atoms with Crippen LogP contribution in [0.4, 0.5) is 0 Å². The van der Waals surface area contributed by atoms with Gasteiger partial charge in [0.05, 0.1) is 6.20 Å². The molecule has 0 saturated heterocycles. The van der Waals surface area contributed by atoms with E-state index in [0.717, 1.165) is 6.54 Å². The van der Waals surface area contributed by atoms with Crippen LogP contribution >= 0.6 is 0 Å². The quantitative estimate of drug-likeness (QED) is 0.680. The molecule has 0 saturated carbocycles. The van der Waals surface area contributed by atoms with E-state index in [4.69, 9.17) is 0 Å². The molecule has 0 radical (unpaired) electrons. The van der Waals surface area contributed by atoms with Crippen molar-refractivity contribution in [2.24, 2.45) is 5.92 Å². The molecule has 2 rings (SSSR count). The third-order valence-corrected chi connectivity index (χ3v) is 2.68. The van der Waals surface area contributed by atoms with Crippen molar-refractivity contribution in [3.63, 3.8) is 0 Å². The van der Waals surface area contributed by atoms with Gasteiger partial charge in [0, 0.05) is 12.2 Å². The predicted octanol–water partition coefficient (Wildman–Crippen LogP) is 2.42. The van der Waals surface area contributed by atoms with E-state index in [1.165, 1.54) is 36.9 Å². The molecule has 0 fully saturated rings. The maximum Gasteiger partial charge on any atom is 0.0524 e. The van der Waals surface area contributed by atoms with Crippen LogP contribution in [0.3, 0.4) is 0 Å². The molecule has 1 heterocycles. The molecule has 0 spiro atoms. The molecule has 13 heavy (non-hydrogen) atoms. The first kappa shape index (κ1) is 8.79. The van der Waals surface area contributed by atoms with E-state index < -0.39 is 0 Å². The summed E-state index contributed by atoms with van der Waals surface area (Å²) in [5.41, 5.74) is 2.99. The second-order valence-corrected chi connectivity index (χ2v) is 4.40. The Morgan fingerprint density at radius 2 is 2.15 bits per heavy atom. The minimum Gasteiger partial charge on any atom is -0.269 e. The van der Waals surface area contributed by atoms with Gasteiger partial charge in [-0.3, -0.25) is 4.68 Å². The summed E-state index contributed by atoms with van der Waals surface area (Å²) < 4.78 is 2.21. The number of aryl methyl sites for hydroxylation is 1. The molecule has 2 nitrogen and oxygen atoms in total. The van der Waals surface area contributed by atoms with Crippen molar-refractivity contribution in [1.82, 2.24) is 9.78 Å². The second-order valence-electron chi connectivity index (χ2n) is 4.40. The Balaban J connectivity index is 2.21. The minimum absolute atomic E-state index is 0.700. The van der Waals surface area contributed by atoms with Gasteiger partial charge in [-0.1, -0.05) is 13.8 Å². The smallest absolute Gasteiger partial charge is 0.0524 e. The summed E-state index contributed by atoms with van der Waals surface area (Å²) in [6.07, 6.45) is 7.24. The van der Waals surface area contributed by atoms with Gasteiger partial charge in [-0.2, -0.15) is 5.10 Å². The van der Waals surface area contributed by atoms with Crippen LogP contribution in [0.2, 0.25) is 0 Å². The van der Waals surface area contributed by atoms with Gasteiger partial charge in [0.1, 0.15) is 0 Å². The molecular formula is C11H18N2. The van der Waals surface area contributed by atoms with Crippen LogP contribution in [0.1, 0.15) is 37.9 Å². The van der Waals surface area contributed by atoms with Crippen molar-refractivity contribution in [3.8, 4) is 0 Å². The normalized spacial score (nSPS) is 16.2. The van der Waals surface area contributed by atoms with Crippen molar-refractivity contribution < 1.29 is 0 Å². The van der Waals surface area contributed by atoms with Gasteiger partial charge in [-0.15, -0.1) is 0 Å². The summed E-state index contributed by atoms with van der Waals surface area (Å²) in [6.45, 7) is 5.57. The van der Waals surface area contributed by atoms with Crippen molar-refractivity contribution >= 4 is 0 Å². The molecular weight excluding hydrogens is 160 g/mol. The molecule has 0 atom stereocenters. The van der Waals surface area contributed by atoms with Crippen LogP contribution in [0.15, 0.2) is 6.20 Å². The molecule has 1 aliphatic rings. The highest BCUT2D eigenvalue weighted by molar-refractivity contribution is 5.20. The van der Waals surface area contributed by atoms with Gasteiger partial charge < -0.3 is 0 Å². The molecule has 0 bridgehead atoms. The lowest BCUT2D eigenvalue weighted by Crippen LogP contribution is -2.12. The highest BCUT2D eigenvalue weighted by atomic mass is 15.3. The fourth-order valence-electron chi connectivity index (χ4n) is 2.06.